The molecule has 0 unspecified atom stereocenters. The van der Waals surface area contributed by atoms with E-state index in [-0.39, 0.29) is 0 Å². The van der Waals surface area contributed by atoms with E-state index in [1.54, 1.807) is 0 Å². The Kier molecular flexibility index (Phi) is 3.32. The number of nitrogens with one attached hydrogen (secondary N) is 1. The highest BCUT2D eigenvalue weighted by atomic mass is 15.2. The number of anilines is 1. The van der Waals surface area contributed by atoms with Crippen LogP contribution in [0.25, 0.3) is 11.3 Å². The van der Waals surface area contributed by atoms with E-state index >= 15 is 0 Å². The number of rotatable bonds is 2. The van der Waals surface area contributed by atoms with Gasteiger partial charge >= 0.3 is 0 Å². The molecule has 0 spiro atoms. The van der Waals surface area contributed by atoms with Crippen LogP contribution in [0.1, 0.15) is 22.3 Å². The first-order valence-electron chi connectivity index (χ1n) is 6.13. The Bertz CT molecular complexity index is 589. The van der Waals surface area contributed by atoms with Crippen molar-refractivity contribution in [1.82, 2.24) is 10.2 Å². The van der Waals surface area contributed by atoms with E-state index in [0.717, 1.165) is 22.6 Å². The topological polar surface area (TPSA) is 37.8 Å². The summed E-state index contributed by atoms with van der Waals surface area (Å²) in [5.74, 6) is 0.834. The third kappa shape index (κ3) is 2.21. The van der Waals surface area contributed by atoms with Crippen molar-refractivity contribution in [1.29, 1.82) is 0 Å². The highest BCUT2D eigenvalue weighted by Crippen LogP contribution is 2.26. The highest BCUT2D eigenvalue weighted by Gasteiger charge is 2.08. The summed E-state index contributed by atoms with van der Waals surface area (Å²) < 4.78 is 0. The first-order chi connectivity index (χ1) is 8.52. The Morgan fingerprint density at radius 2 is 1.44 bits per heavy atom. The predicted molar refractivity (Wildman–Crippen MR) is 76.0 cm³/mol. The highest BCUT2D eigenvalue weighted by molar-refractivity contribution is 5.66. The van der Waals surface area contributed by atoms with Gasteiger partial charge in [0.15, 0.2) is 5.82 Å². The Balaban J connectivity index is 2.55. The van der Waals surface area contributed by atoms with Gasteiger partial charge in [-0.3, -0.25) is 0 Å². The molecule has 1 N–H and O–H groups in total. The third-order valence-electron chi connectivity index (χ3n) is 3.34. The minimum Gasteiger partial charge on any atom is -0.371 e. The maximum Gasteiger partial charge on any atom is 0.151 e. The Hall–Kier alpha value is -1.90. The largest absolute Gasteiger partial charge is 0.371 e. The fraction of sp³-hybridized carbons (Fsp3) is 0.333. The zero-order valence-corrected chi connectivity index (χ0v) is 11.6. The lowest BCUT2D eigenvalue weighted by atomic mass is 9.98. The number of aromatic nitrogens is 2. The normalized spacial score (nSPS) is 10.5. The fourth-order valence-corrected chi connectivity index (χ4v) is 2.10. The van der Waals surface area contributed by atoms with Crippen LogP contribution < -0.4 is 5.32 Å². The number of benzene rings is 1. The molecule has 3 heteroatoms. The van der Waals surface area contributed by atoms with Crippen molar-refractivity contribution in [2.75, 3.05) is 12.4 Å². The van der Waals surface area contributed by atoms with Crippen molar-refractivity contribution in [2.45, 2.75) is 27.7 Å². The molecule has 1 heterocycles. The van der Waals surface area contributed by atoms with E-state index < -0.39 is 0 Å². The van der Waals surface area contributed by atoms with Crippen LogP contribution >= 0.6 is 0 Å². The van der Waals surface area contributed by atoms with Gasteiger partial charge in [-0.25, -0.2) is 0 Å². The summed E-state index contributed by atoms with van der Waals surface area (Å²) in [6.45, 7) is 8.42. The molecular formula is C15H19N3. The van der Waals surface area contributed by atoms with E-state index in [2.05, 4.69) is 54.5 Å². The molecule has 0 atom stereocenters. The van der Waals surface area contributed by atoms with Gasteiger partial charge in [-0.15, -0.1) is 10.2 Å². The van der Waals surface area contributed by atoms with Crippen LogP contribution in [-0.2, 0) is 0 Å². The summed E-state index contributed by atoms with van der Waals surface area (Å²) in [6, 6.07) is 6.47. The SMILES string of the molecule is CNc1nnc(-c2cc(C)c(C)cc2C)cc1C. The van der Waals surface area contributed by atoms with Crippen molar-refractivity contribution in [3.63, 3.8) is 0 Å². The lowest BCUT2D eigenvalue weighted by Crippen LogP contribution is -2.00. The van der Waals surface area contributed by atoms with E-state index in [0.29, 0.717) is 0 Å². The van der Waals surface area contributed by atoms with E-state index in [1.165, 1.54) is 16.7 Å². The van der Waals surface area contributed by atoms with Crippen LogP contribution in [0.3, 0.4) is 0 Å². The van der Waals surface area contributed by atoms with Crippen LogP contribution in [0.15, 0.2) is 18.2 Å². The molecule has 1 aromatic carbocycles. The molecule has 3 nitrogen and oxygen atoms in total. The van der Waals surface area contributed by atoms with Gasteiger partial charge in [0.1, 0.15) is 0 Å². The number of aryl methyl sites for hydroxylation is 4. The molecular weight excluding hydrogens is 222 g/mol. The number of nitrogens with zero attached hydrogens (tertiary/aromatic N) is 2. The molecule has 0 saturated heterocycles. The summed E-state index contributed by atoms with van der Waals surface area (Å²) >= 11 is 0. The maximum atomic E-state index is 4.30. The van der Waals surface area contributed by atoms with Gasteiger partial charge in [0, 0.05) is 12.6 Å². The zero-order valence-electron chi connectivity index (χ0n) is 11.6. The van der Waals surface area contributed by atoms with Crippen molar-refractivity contribution in [3.05, 3.63) is 40.5 Å². The molecule has 1 aromatic heterocycles. The Morgan fingerprint density at radius 1 is 0.778 bits per heavy atom. The lowest BCUT2D eigenvalue weighted by Gasteiger charge is -2.10. The summed E-state index contributed by atoms with van der Waals surface area (Å²) in [6.07, 6.45) is 0. The second-order valence-electron chi connectivity index (χ2n) is 4.76. The minimum atomic E-state index is 0.834. The van der Waals surface area contributed by atoms with Crippen molar-refractivity contribution in [2.24, 2.45) is 0 Å². The minimum absolute atomic E-state index is 0.834. The van der Waals surface area contributed by atoms with Crippen LogP contribution in [0.2, 0.25) is 0 Å². The molecule has 0 amide bonds. The zero-order chi connectivity index (χ0) is 13.3. The molecule has 94 valence electrons. The Morgan fingerprint density at radius 3 is 2.06 bits per heavy atom. The first-order valence-corrected chi connectivity index (χ1v) is 6.13. The van der Waals surface area contributed by atoms with Gasteiger partial charge in [0.2, 0.25) is 0 Å². The van der Waals surface area contributed by atoms with Crippen molar-refractivity contribution in [3.8, 4) is 11.3 Å². The van der Waals surface area contributed by atoms with Gasteiger partial charge < -0.3 is 5.32 Å². The Labute approximate surface area is 108 Å². The smallest absolute Gasteiger partial charge is 0.151 e. The summed E-state index contributed by atoms with van der Waals surface area (Å²) in [4.78, 5) is 0. The van der Waals surface area contributed by atoms with Gasteiger partial charge in [0.25, 0.3) is 0 Å². The van der Waals surface area contributed by atoms with E-state index in [9.17, 15) is 0 Å². The van der Waals surface area contributed by atoms with Crippen molar-refractivity contribution >= 4 is 5.82 Å². The molecule has 0 radical (unpaired) electrons. The van der Waals surface area contributed by atoms with Gasteiger partial charge in [0.05, 0.1) is 5.69 Å². The summed E-state index contributed by atoms with van der Waals surface area (Å²) in [5.41, 5.74) is 7.05. The molecule has 0 fully saturated rings. The van der Waals surface area contributed by atoms with Gasteiger partial charge in [-0.1, -0.05) is 6.07 Å². The molecule has 0 saturated carbocycles. The number of hydrogen-bond acceptors (Lipinski definition) is 3. The maximum absolute atomic E-state index is 4.30. The first kappa shape index (κ1) is 12.6. The van der Waals surface area contributed by atoms with Gasteiger partial charge in [-0.05, 0) is 62.1 Å². The molecule has 18 heavy (non-hydrogen) atoms. The lowest BCUT2D eigenvalue weighted by molar-refractivity contribution is 1.02. The van der Waals surface area contributed by atoms with Crippen LogP contribution in [0, 0.1) is 27.7 Å². The van der Waals surface area contributed by atoms with Crippen molar-refractivity contribution < 1.29 is 0 Å². The van der Waals surface area contributed by atoms with E-state index in [1.807, 2.05) is 14.0 Å². The van der Waals surface area contributed by atoms with E-state index in [4.69, 9.17) is 0 Å². The average molecular weight is 241 g/mol. The predicted octanol–water partition coefficient (Wildman–Crippen LogP) is 3.42. The standard InChI is InChI=1S/C15H19N3/c1-9-6-11(3)13(7-10(9)2)14-8-12(4)15(16-5)18-17-14/h6-8H,1-5H3,(H,16,18). The van der Waals surface area contributed by atoms with Crippen LogP contribution in [-0.4, -0.2) is 17.2 Å². The summed E-state index contributed by atoms with van der Waals surface area (Å²) in [7, 11) is 1.86. The molecule has 2 aromatic rings. The third-order valence-corrected chi connectivity index (χ3v) is 3.34. The molecule has 0 aliphatic heterocycles. The second kappa shape index (κ2) is 4.77. The number of hydrogen-bond donors (Lipinski definition) is 1. The van der Waals surface area contributed by atoms with Gasteiger partial charge in [-0.2, -0.15) is 0 Å². The van der Waals surface area contributed by atoms with Crippen LogP contribution in [0.5, 0.6) is 0 Å². The molecule has 0 aliphatic rings. The summed E-state index contributed by atoms with van der Waals surface area (Å²) in [5, 5.41) is 11.5. The molecule has 2 rings (SSSR count). The second-order valence-corrected chi connectivity index (χ2v) is 4.76. The monoisotopic (exact) mass is 241 g/mol. The average Bonchev–Trinajstić information content (AvgIpc) is 2.33. The van der Waals surface area contributed by atoms with Crippen LogP contribution in [0.4, 0.5) is 5.82 Å². The fourth-order valence-electron chi connectivity index (χ4n) is 2.10. The molecule has 0 bridgehead atoms. The molecule has 0 aliphatic carbocycles. The quantitative estimate of drug-likeness (QED) is 0.875.